The zero-order chi connectivity index (χ0) is 11.4. The standard InChI is InChI=1S/C12H16N2O/c1-8(2)6-12(15)14-11-5-4-9(3)7-10(11)13/h4-7H,13H2,1-3H3,(H,14,15). The monoisotopic (exact) mass is 204 g/mol. The van der Waals surface area contributed by atoms with E-state index < -0.39 is 0 Å². The number of anilines is 2. The van der Waals surface area contributed by atoms with Gasteiger partial charge in [0.05, 0.1) is 11.4 Å². The number of nitrogens with one attached hydrogen (secondary N) is 1. The van der Waals surface area contributed by atoms with Crippen LogP contribution in [0.15, 0.2) is 29.8 Å². The average Bonchev–Trinajstić information content (AvgIpc) is 2.08. The summed E-state index contributed by atoms with van der Waals surface area (Å²) in [6.45, 7) is 5.70. The highest BCUT2D eigenvalue weighted by molar-refractivity contribution is 6.01. The van der Waals surface area contributed by atoms with Crippen LogP contribution in [0.4, 0.5) is 11.4 Å². The first kappa shape index (κ1) is 11.3. The minimum atomic E-state index is -0.148. The van der Waals surface area contributed by atoms with E-state index in [0.29, 0.717) is 11.4 Å². The van der Waals surface area contributed by atoms with E-state index >= 15 is 0 Å². The number of hydrogen-bond donors (Lipinski definition) is 2. The molecule has 0 radical (unpaired) electrons. The highest BCUT2D eigenvalue weighted by Crippen LogP contribution is 2.19. The van der Waals surface area contributed by atoms with Crippen molar-refractivity contribution < 1.29 is 4.79 Å². The summed E-state index contributed by atoms with van der Waals surface area (Å²) in [6, 6.07) is 5.55. The summed E-state index contributed by atoms with van der Waals surface area (Å²) in [5, 5.41) is 2.73. The Morgan fingerprint density at radius 1 is 1.40 bits per heavy atom. The molecule has 3 N–H and O–H groups in total. The van der Waals surface area contributed by atoms with Gasteiger partial charge < -0.3 is 11.1 Å². The summed E-state index contributed by atoms with van der Waals surface area (Å²) >= 11 is 0. The second-order valence-corrected chi connectivity index (χ2v) is 3.80. The molecule has 0 aliphatic heterocycles. The van der Waals surface area contributed by atoms with Crippen molar-refractivity contribution in [3.05, 3.63) is 35.4 Å². The van der Waals surface area contributed by atoms with Crippen molar-refractivity contribution in [2.75, 3.05) is 11.1 Å². The molecule has 0 saturated carbocycles. The van der Waals surface area contributed by atoms with Gasteiger partial charge in [-0.25, -0.2) is 0 Å². The molecule has 0 aliphatic rings. The van der Waals surface area contributed by atoms with Gasteiger partial charge in [-0.2, -0.15) is 0 Å². The highest BCUT2D eigenvalue weighted by Gasteiger charge is 2.02. The van der Waals surface area contributed by atoms with E-state index in [2.05, 4.69) is 5.32 Å². The van der Waals surface area contributed by atoms with Crippen molar-refractivity contribution in [2.24, 2.45) is 0 Å². The number of benzene rings is 1. The largest absolute Gasteiger partial charge is 0.397 e. The Balaban J connectivity index is 2.82. The summed E-state index contributed by atoms with van der Waals surface area (Å²) in [4.78, 5) is 11.4. The van der Waals surface area contributed by atoms with Gasteiger partial charge in [-0.1, -0.05) is 11.6 Å². The Morgan fingerprint density at radius 3 is 2.60 bits per heavy atom. The van der Waals surface area contributed by atoms with Crippen LogP contribution >= 0.6 is 0 Å². The summed E-state index contributed by atoms with van der Waals surface area (Å²) in [7, 11) is 0. The van der Waals surface area contributed by atoms with Gasteiger partial charge in [0.2, 0.25) is 5.91 Å². The van der Waals surface area contributed by atoms with Gasteiger partial charge in [0, 0.05) is 6.08 Å². The van der Waals surface area contributed by atoms with Gasteiger partial charge >= 0.3 is 0 Å². The van der Waals surface area contributed by atoms with Crippen LogP contribution in [0.3, 0.4) is 0 Å². The third kappa shape index (κ3) is 3.46. The fourth-order valence-electron chi connectivity index (χ4n) is 1.23. The molecule has 3 heteroatoms. The van der Waals surface area contributed by atoms with Crippen LogP contribution in [-0.4, -0.2) is 5.91 Å². The lowest BCUT2D eigenvalue weighted by molar-refractivity contribution is -0.111. The molecule has 0 heterocycles. The fraction of sp³-hybridized carbons (Fsp3) is 0.250. The van der Waals surface area contributed by atoms with Crippen molar-refractivity contribution in [1.82, 2.24) is 0 Å². The third-order valence-electron chi connectivity index (χ3n) is 1.88. The van der Waals surface area contributed by atoms with E-state index in [1.165, 1.54) is 0 Å². The minimum absolute atomic E-state index is 0.148. The topological polar surface area (TPSA) is 55.1 Å². The first-order valence-electron chi connectivity index (χ1n) is 4.81. The Morgan fingerprint density at radius 2 is 2.07 bits per heavy atom. The number of amides is 1. The van der Waals surface area contributed by atoms with Crippen LogP contribution in [-0.2, 0) is 4.79 Å². The van der Waals surface area contributed by atoms with Gasteiger partial charge in [0.15, 0.2) is 0 Å². The lowest BCUT2D eigenvalue weighted by Gasteiger charge is -2.06. The van der Waals surface area contributed by atoms with Gasteiger partial charge in [0.1, 0.15) is 0 Å². The molecule has 0 spiro atoms. The third-order valence-corrected chi connectivity index (χ3v) is 1.88. The van der Waals surface area contributed by atoms with Crippen molar-refractivity contribution >= 4 is 17.3 Å². The molecule has 80 valence electrons. The van der Waals surface area contributed by atoms with Crippen LogP contribution < -0.4 is 11.1 Å². The predicted octanol–water partition coefficient (Wildman–Crippen LogP) is 2.48. The lowest BCUT2D eigenvalue weighted by atomic mass is 10.2. The number of nitrogens with two attached hydrogens (primary N) is 1. The average molecular weight is 204 g/mol. The second kappa shape index (κ2) is 4.64. The van der Waals surface area contributed by atoms with Crippen molar-refractivity contribution in [1.29, 1.82) is 0 Å². The fourth-order valence-corrected chi connectivity index (χ4v) is 1.23. The zero-order valence-electron chi connectivity index (χ0n) is 9.29. The molecule has 3 nitrogen and oxygen atoms in total. The van der Waals surface area contributed by atoms with E-state index in [0.717, 1.165) is 11.1 Å². The molecule has 15 heavy (non-hydrogen) atoms. The molecule has 0 bridgehead atoms. The van der Waals surface area contributed by atoms with E-state index in [9.17, 15) is 4.79 Å². The van der Waals surface area contributed by atoms with E-state index in [1.807, 2.05) is 32.9 Å². The molecule has 1 aromatic rings. The molecular weight excluding hydrogens is 188 g/mol. The lowest BCUT2D eigenvalue weighted by Crippen LogP contribution is -2.10. The molecule has 1 rings (SSSR count). The summed E-state index contributed by atoms with van der Waals surface area (Å²) in [5.74, 6) is -0.148. The molecule has 1 amide bonds. The number of carbonyl (C=O) groups excluding carboxylic acids is 1. The Kier molecular flexibility index (Phi) is 3.50. The number of carbonyl (C=O) groups is 1. The quantitative estimate of drug-likeness (QED) is 0.574. The Bertz CT molecular complexity index is 404. The number of rotatable bonds is 2. The van der Waals surface area contributed by atoms with E-state index in [-0.39, 0.29) is 5.91 Å². The minimum Gasteiger partial charge on any atom is -0.397 e. The number of aryl methyl sites for hydroxylation is 1. The number of nitrogen functional groups attached to an aromatic ring is 1. The SMILES string of the molecule is CC(C)=CC(=O)Nc1ccc(C)cc1N. The first-order chi connectivity index (χ1) is 6.99. The summed E-state index contributed by atoms with van der Waals surface area (Å²) in [5.41, 5.74) is 9.04. The summed E-state index contributed by atoms with van der Waals surface area (Å²) in [6.07, 6.45) is 1.54. The maximum Gasteiger partial charge on any atom is 0.248 e. The highest BCUT2D eigenvalue weighted by atomic mass is 16.1. The van der Waals surface area contributed by atoms with Crippen molar-refractivity contribution in [2.45, 2.75) is 20.8 Å². The molecule has 0 atom stereocenters. The zero-order valence-corrected chi connectivity index (χ0v) is 9.29. The molecule has 0 saturated heterocycles. The molecule has 0 fully saturated rings. The normalized spacial score (nSPS) is 9.53. The van der Waals surface area contributed by atoms with Crippen molar-refractivity contribution in [3.8, 4) is 0 Å². The number of hydrogen-bond acceptors (Lipinski definition) is 2. The van der Waals surface area contributed by atoms with Gasteiger partial charge in [-0.05, 0) is 38.5 Å². The van der Waals surface area contributed by atoms with Gasteiger partial charge in [-0.15, -0.1) is 0 Å². The van der Waals surface area contributed by atoms with Crippen LogP contribution in [0, 0.1) is 6.92 Å². The molecule has 1 aromatic carbocycles. The maximum absolute atomic E-state index is 11.4. The molecule has 0 aromatic heterocycles. The molecular formula is C12H16N2O. The van der Waals surface area contributed by atoms with Gasteiger partial charge in [-0.3, -0.25) is 4.79 Å². The predicted molar refractivity (Wildman–Crippen MR) is 63.7 cm³/mol. The summed E-state index contributed by atoms with van der Waals surface area (Å²) < 4.78 is 0. The maximum atomic E-state index is 11.4. The van der Waals surface area contributed by atoms with E-state index in [1.54, 1.807) is 12.1 Å². The Hall–Kier alpha value is -1.77. The molecule has 0 aliphatic carbocycles. The second-order valence-electron chi connectivity index (χ2n) is 3.80. The molecule has 0 unspecified atom stereocenters. The van der Waals surface area contributed by atoms with Gasteiger partial charge in [0.25, 0.3) is 0 Å². The van der Waals surface area contributed by atoms with Crippen LogP contribution in [0.25, 0.3) is 0 Å². The van der Waals surface area contributed by atoms with Crippen LogP contribution in [0.1, 0.15) is 19.4 Å². The van der Waals surface area contributed by atoms with Crippen LogP contribution in [0.2, 0.25) is 0 Å². The first-order valence-corrected chi connectivity index (χ1v) is 4.81. The van der Waals surface area contributed by atoms with E-state index in [4.69, 9.17) is 5.73 Å². The number of allylic oxidation sites excluding steroid dienone is 1. The van der Waals surface area contributed by atoms with Crippen LogP contribution in [0.5, 0.6) is 0 Å². The van der Waals surface area contributed by atoms with Crippen molar-refractivity contribution in [3.63, 3.8) is 0 Å². The Labute approximate surface area is 90.0 Å². The smallest absolute Gasteiger partial charge is 0.248 e.